The Hall–Kier alpha value is -3.55. The Bertz CT molecular complexity index is 1150. The minimum atomic E-state index is -0.231. The summed E-state index contributed by atoms with van der Waals surface area (Å²) in [6.07, 6.45) is 3.45. The molecule has 0 radical (unpaired) electrons. The normalized spacial score (nSPS) is 22.5. The lowest BCUT2D eigenvalue weighted by atomic mass is 10.0. The molecule has 3 heterocycles. The molecule has 0 aliphatic carbocycles. The van der Waals surface area contributed by atoms with E-state index in [1.54, 1.807) is 18.2 Å². The predicted octanol–water partition coefficient (Wildman–Crippen LogP) is 2.62. The van der Waals surface area contributed by atoms with Gasteiger partial charge in [-0.3, -0.25) is 14.4 Å². The molecule has 1 fully saturated rings. The quantitative estimate of drug-likeness (QED) is 0.658. The first-order valence-corrected chi connectivity index (χ1v) is 12.4. The summed E-state index contributed by atoms with van der Waals surface area (Å²) in [5.74, 6) is 1.02. The van der Waals surface area contributed by atoms with Gasteiger partial charge in [-0.2, -0.15) is 0 Å². The van der Waals surface area contributed by atoms with Gasteiger partial charge in [-0.1, -0.05) is 6.07 Å². The van der Waals surface area contributed by atoms with Crippen LogP contribution < -0.4 is 20.1 Å². The minimum Gasteiger partial charge on any atom is -0.493 e. The lowest BCUT2D eigenvalue weighted by Crippen LogP contribution is -2.48. The van der Waals surface area contributed by atoms with E-state index in [1.807, 2.05) is 30.0 Å². The summed E-state index contributed by atoms with van der Waals surface area (Å²) in [5.41, 5.74) is 3.05. The van der Waals surface area contributed by atoms with Gasteiger partial charge in [0.2, 0.25) is 5.91 Å². The first kappa shape index (κ1) is 23.2. The first-order chi connectivity index (χ1) is 17.0. The zero-order valence-corrected chi connectivity index (χ0v) is 20.0. The molecule has 3 aliphatic heterocycles. The molecule has 0 spiro atoms. The van der Waals surface area contributed by atoms with Crippen LogP contribution in [0.5, 0.6) is 11.5 Å². The van der Waals surface area contributed by atoms with Crippen LogP contribution in [-0.4, -0.2) is 61.0 Å². The highest BCUT2D eigenvalue weighted by molar-refractivity contribution is 5.96. The van der Waals surface area contributed by atoms with E-state index in [9.17, 15) is 14.4 Å². The number of nitrogens with zero attached hydrogens (tertiary/aromatic N) is 1. The lowest BCUT2D eigenvalue weighted by Gasteiger charge is -2.31. The molecular formula is C27H31N3O5. The van der Waals surface area contributed by atoms with E-state index < -0.39 is 0 Å². The fourth-order valence-electron chi connectivity index (χ4n) is 5.18. The molecule has 2 aromatic rings. The summed E-state index contributed by atoms with van der Waals surface area (Å²) in [6.45, 7) is 3.58. The van der Waals surface area contributed by atoms with E-state index in [2.05, 4.69) is 10.6 Å². The second-order valence-corrected chi connectivity index (χ2v) is 9.46. The summed E-state index contributed by atoms with van der Waals surface area (Å²) < 4.78 is 11.5. The largest absolute Gasteiger partial charge is 0.493 e. The predicted molar refractivity (Wildman–Crippen MR) is 130 cm³/mol. The molecular weight excluding hydrogens is 446 g/mol. The van der Waals surface area contributed by atoms with Gasteiger partial charge in [0.1, 0.15) is 18.1 Å². The molecule has 0 saturated carbocycles. The highest BCUT2D eigenvalue weighted by atomic mass is 16.5. The smallest absolute Gasteiger partial charge is 0.254 e. The van der Waals surface area contributed by atoms with Crippen molar-refractivity contribution in [2.45, 2.75) is 51.1 Å². The van der Waals surface area contributed by atoms with Gasteiger partial charge in [-0.05, 0) is 74.1 Å². The van der Waals surface area contributed by atoms with Crippen LogP contribution >= 0.6 is 0 Å². The van der Waals surface area contributed by atoms with Crippen molar-refractivity contribution in [3.8, 4) is 11.5 Å². The van der Waals surface area contributed by atoms with Crippen molar-refractivity contribution in [1.82, 2.24) is 15.5 Å². The molecule has 184 valence electrons. The third-order valence-electron chi connectivity index (χ3n) is 7.06. The summed E-state index contributed by atoms with van der Waals surface area (Å²) in [6, 6.07) is 10.5. The minimum absolute atomic E-state index is 0.111. The zero-order chi connectivity index (χ0) is 24.4. The van der Waals surface area contributed by atoms with Crippen LogP contribution in [0.3, 0.4) is 0 Å². The monoisotopic (exact) mass is 477 g/mol. The Morgan fingerprint density at radius 3 is 2.69 bits per heavy atom. The first-order valence-electron chi connectivity index (χ1n) is 12.4. The lowest BCUT2D eigenvalue weighted by molar-refractivity contribution is -0.122. The number of carbonyl (C=O) groups excluding carboxylic acids is 3. The summed E-state index contributed by atoms with van der Waals surface area (Å²) in [4.78, 5) is 41.2. The fourth-order valence-corrected chi connectivity index (χ4v) is 5.18. The third kappa shape index (κ3) is 4.97. The Balaban J connectivity index is 1.41. The molecule has 8 nitrogen and oxygen atoms in total. The molecule has 0 unspecified atom stereocenters. The zero-order valence-electron chi connectivity index (χ0n) is 20.0. The number of hydrogen-bond donors (Lipinski definition) is 2. The second kappa shape index (κ2) is 9.98. The van der Waals surface area contributed by atoms with Gasteiger partial charge in [0.15, 0.2) is 0 Å². The van der Waals surface area contributed by atoms with Crippen LogP contribution in [0.4, 0.5) is 0 Å². The number of amides is 3. The summed E-state index contributed by atoms with van der Waals surface area (Å²) >= 11 is 0. The molecule has 3 amide bonds. The molecule has 2 aromatic carbocycles. The number of hydrogen-bond acceptors (Lipinski definition) is 5. The van der Waals surface area contributed by atoms with Crippen LogP contribution in [0.25, 0.3) is 0 Å². The van der Waals surface area contributed by atoms with Crippen molar-refractivity contribution in [2.75, 3.05) is 26.3 Å². The Morgan fingerprint density at radius 2 is 1.80 bits per heavy atom. The van der Waals surface area contributed by atoms with Crippen molar-refractivity contribution in [3.05, 3.63) is 58.7 Å². The molecule has 4 bridgehead atoms. The summed E-state index contributed by atoms with van der Waals surface area (Å²) in [7, 11) is 0. The van der Waals surface area contributed by atoms with Crippen molar-refractivity contribution in [3.63, 3.8) is 0 Å². The number of fused-ring (bicyclic) bond motifs is 5. The average Bonchev–Trinajstić information content (AvgIpc) is 3.26. The van der Waals surface area contributed by atoms with Gasteiger partial charge < -0.3 is 25.0 Å². The summed E-state index contributed by atoms with van der Waals surface area (Å²) in [5, 5.41) is 5.91. The highest BCUT2D eigenvalue weighted by Crippen LogP contribution is 2.31. The van der Waals surface area contributed by atoms with E-state index >= 15 is 0 Å². The molecule has 35 heavy (non-hydrogen) atoms. The van der Waals surface area contributed by atoms with E-state index in [1.165, 1.54) is 0 Å². The highest BCUT2D eigenvalue weighted by Gasteiger charge is 2.38. The SMILES string of the molecule is Cc1ccc2cc1OCCNC(=O)C[C@@H]1CC[C@H](CNC2=O)N1C(=O)c1ccc2c(c1)CCCO2. The number of nitrogens with one attached hydrogen (secondary N) is 2. The number of aryl methyl sites for hydroxylation is 2. The fraction of sp³-hybridized carbons (Fsp3) is 0.444. The molecule has 8 heteroatoms. The number of ether oxygens (including phenoxy) is 2. The van der Waals surface area contributed by atoms with Gasteiger partial charge in [-0.25, -0.2) is 0 Å². The number of benzene rings is 2. The van der Waals surface area contributed by atoms with Gasteiger partial charge >= 0.3 is 0 Å². The maximum atomic E-state index is 13.7. The molecule has 2 N–H and O–H groups in total. The van der Waals surface area contributed by atoms with E-state index in [0.29, 0.717) is 49.6 Å². The Labute approximate surface area is 205 Å². The van der Waals surface area contributed by atoms with Gasteiger partial charge in [0, 0.05) is 36.2 Å². The van der Waals surface area contributed by atoms with Crippen molar-refractivity contribution in [2.24, 2.45) is 0 Å². The van der Waals surface area contributed by atoms with Crippen molar-refractivity contribution >= 4 is 17.7 Å². The Morgan fingerprint density at radius 1 is 0.971 bits per heavy atom. The van der Waals surface area contributed by atoms with Gasteiger partial charge in [0.25, 0.3) is 11.8 Å². The molecule has 0 aromatic heterocycles. The number of carbonyl (C=O) groups is 3. The van der Waals surface area contributed by atoms with E-state index in [-0.39, 0.29) is 36.2 Å². The van der Waals surface area contributed by atoms with Crippen LogP contribution in [0, 0.1) is 6.92 Å². The van der Waals surface area contributed by atoms with Crippen molar-refractivity contribution in [1.29, 1.82) is 0 Å². The standard InChI is InChI=1S/C27H31N3O5/c1-17-4-5-19-14-24(17)35-12-10-28-25(31)15-21-7-8-22(16-29-26(19)32)30(21)27(33)20-6-9-23-18(13-20)3-2-11-34-23/h4-6,9,13-14,21-22H,2-3,7-8,10-12,15-16H2,1H3,(H,28,31)(H,29,32)/t21-,22+/m0/s1. The number of rotatable bonds is 1. The van der Waals surface area contributed by atoms with Gasteiger partial charge in [0.05, 0.1) is 13.2 Å². The molecule has 3 aliphatic rings. The van der Waals surface area contributed by atoms with Crippen molar-refractivity contribution < 1.29 is 23.9 Å². The Kier molecular flexibility index (Phi) is 6.61. The van der Waals surface area contributed by atoms with Crippen LogP contribution in [-0.2, 0) is 11.2 Å². The van der Waals surface area contributed by atoms with Crippen LogP contribution in [0.1, 0.15) is 57.5 Å². The maximum Gasteiger partial charge on any atom is 0.254 e. The molecule has 5 rings (SSSR count). The third-order valence-corrected chi connectivity index (χ3v) is 7.06. The topological polar surface area (TPSA) is 97.0 Å². The van der Waals surface area contributed by atoms with E-state index in [0.717, 1.165) is 36.1 Å². The van der Waals surface area contributed by atoms with Gasteiger partial charge in [-0.15, -0.1) is 0 Å². The second-order valence-electron chi connectivity index (χ2n) is 9.46. The van der Waals surface area contributed by atoms with E-state index in [4.69, 9.17) is 9.47 Å². The average molecular weight is 478 g/mol. The van der Waals surface area contributed by atoms with Crippen LogP contribution in [0.15, 0.2) is 36.4 Å². The van der Waals surface area contributed by atoms with Crippen LogP contribution in [0.2, 0.25) is 0 Å². The molecule has 1 saturated heterocycles. The molecule has 2 atom stereocenters. The maximum absolute atomic E-state index is 13.7.